The lowest BCUT2D eigenvalue weighted by Crippen LogP contribution is -2.48. The van der Waals surface area contributed by atoms with Crippen LogP contribution in [0.4, 0.5) is 5.13 Å². The second kappa shape index (κ2) is 11.1. The monoisotopic (exact) mass is 514 g/mol. The van der Waals surface area contributed by atoms with Crippen LogP contribution in [0.5, 0.6) is 5.75 Å². The first-order chi connectivity index (χ1) is 16.6. The summed E-state index contributed by atoms with van der Waals surface area (Å²) in [6, 6.07) is 14.8. The molecule has 0 aliphatic carbocycles. The third-order valence-corrected chi connectivity index (χ3v) is 6.99. The predicted octanol–water partition coefficient (Wildman–Crippen LogP) is 3.78. The molecular formula is C25H27ClN4O4S. The lowest BCUT2D eigenvalue weighted by Gasteiger charge is -2.34. The lowest BCUT2D eigenvalue weighted by molar-refractivity contribution is 0.0944. The molecule has 184 valence electrons. The van der Waals surface area contributed by atoms with Gasteiger partial charge in [-0.05, 0) is 31.2 Å². The van der Waals surface area contributed by atoms with Crippen LogP contribution in [0.1, 0.15) is 17.3 Å². The van der Waals surface area contributed by atoms with E-state index in [1.54, 1.807) is 29.5 Å². The van der Waals surface area contributed by atoms with Crippen molar-refractivity contribution in [1.29, 1.82) is 0 Å². The summed E-state index contributed by atoms with van der Waals surface area (Å²) in [5, 5.41) is 4.59. The Labute approximate surface area is 212 Å². The molecule has 8 nitrogen and oxygen atoms in total. The maximum absolute atomic E-state index is 12.5. The zero-order valence-electron chi connectivity index (χ0n) is 19.4. The second-order valence-electron chi connectivity index (χ2n) is 8.10. The van der Waals surface area contributed by atoms with Gasteiger partial charge in [0.05, 0.1) is 11.3 Å². The van der Waals surface area contributed by atoms with Gasteiger partial charge in [-0.3, -0.25) is 9.69 Å². The highest BCUT2D eigenvalue weighted by molar-refractivity contribution is 7.22. The normalized spacial score (nSPS) is 14.1. The lowest BCUT2D eigenvalue weighted by atomic mass is 10.2. The van der Waals surface area contributed by atoms with Gasteiger partial charge in [0.25, 0.3) is 5.91 Å². The molecule has 1 aliphatic heterocycles. The van der Waals surface area contributed by atoms with Gasteiger partial charge in [0, 0.05) is 44.7 Å². The molecule has 0 atom stereocenters. The van der Waals surface area contributed by atoms with Crippen molar-refractivity contribution >= 4 is 56.0 Å². The minimum absolute atomic E-state index is 0. The number of para-hydroxylation sites is 2. The van der Waals surface area contributed by atoms with E-state index in [1.807, 2.05) is 31.2 Å². The number of ether oxygens (including phenoxy) is 1. The van der Waals surface area contributed by atoms with E-state index in [1.165, 1.54) is 0 Å². The number of anilines is 1. The number of benzene rings is 2. The molecule has 1 amide bonds. The van der Waals surface area contributed by atoms with Crippen molar-refractivity contribution in [2.24, 2.45) is 0 Å². The summed E-state index contributed by atoms with van der Waals surface area (Å²) in [5.74, 6) is 0.426. The number of halogens is 1. The predicted molar refractivity (Wildman–Crippen MR) is 142 cm³/mol. The fourth-order valence-electron chi connectivity index (χ4n) is 4.12. The van der Waals surface area contributed by atoms with E-state index in [0.29, 0.717) is 25.3 Å². The minimum Gasteiger partial charge on any atom is -0.492 e. The van der Waals surface area contributed by atoms with Gasteiger partial charge >= 0.3 is 5.63 Å². The van der Waals surface area contributed by atoms with Crippen molar-refractivity contribution in [3.63, 3.8) is 0 Å². The van der Waals surface area contributed by atoms with Gasteiger partial charge in [-0.15, -0.1) is 12.4 Å². The number of hydrogen-bond acceptors (Lipinski definition) is 8. The quantitative estimate of drug-likeness (QED) is 0.375. The summed E-state index contributed by atoms with van der Waals surface area (Å²) >= 11 is 1.69. The summed E-state index contributed by atoms with van der Waals surface area (Å²) in [4.78, 5) is 34.1. The number of amides is 1. The SMILES string of the molecule is CCOc1cccc2sc(N3CCN(CCNC(=O)c4cc5ccccc5oc4=O)CC3)nc12.Cl. The van der Waals surface area contributed by atoms with Crippen LogP contribution in [0.3, 0.4) is 0 Å². The van der Waals surface area contributed by atoms with E-state index in [4.69, 9.17) is 14.1 Å². The zero-order chi connectivity index (χ0) is 23.5. The topological polar surface area (TPSA) is 87.9 Å². The number of fused-ring (bicyclic) bond motifs is 2. The van der Waals surface area contributed by atoms with Crippen LogP contribution in [0.15, 0.2) is 57.7 Å². The number of thiazole rings is 1. The Hall–Kier alpha value is -3.14. The van der Waals surface area contributed by atoms with Gasteiger partial charge in [0.1, 0.15) is 22.4 Å². The van der Waals surface area contributed by atoms with Crippen LogP contribution in [-0.4, -0.2) is 61.7 Å². The molecule has 1 aliphatic rings. The summed E-state index contributed by atoms with van der Waals surface area (Å²) in [6.45, 7) is 7.26. The Morgan fingerprint density at radius 2 is 1.94 bits per heavy atom. The van der Waals surface area contributed by atoms with Crippen LogP contribution in [0.2, 0.25) is 0 Å². The highest BCUT2D eigenvalue weighted by Gasteiger charge is 2.21. The Bertz CT molecular complexity index is 1380. The summed E-state index contributed by atoms with van der Waals surface area (Å²) in [7, 11) is 0. The Balaban J connectivity index is 0.00000289. The van der Waals surface area contributed by atoms with Crippen LogP contribution in [-0.2, 0) is 0 Å². The van der Waals surface area contributed by atoms with E-state index < -0.39 is 11.5 Å². The third kappa shape index (κ3) is 5.42. The largest absolute Gasteiger partial charge is 0.492 e. The fraction of sp³-hybridized carbons (Fsp3) is 0.320. The second-order valence-corrected chi connectivity index (χ2v) is 9.11. The number of aromatic nitrogens is 1. The van der Waals surface area contributed by atoms with E-state index >= 15 is 0 Å². The van der Waals surface area contributed by atoms with Gasteiger partial charge in [0.15, 0.2) is 5.13 Å². The van der Waals surface area contributed by atoms with Gasteiger partial charge in [0.2, 0.25) is 0 Å². The molecule has 1 N–H and O–H groups in total. The highest BCUT2D eigenvalue weighted by Crippen LogP contribution is 2.34. The summed E-state index contributed by atoms with van der Waals surface area (Å²) in [5.41, 5.74) is 0.816. The van der Waals surface area contributed by atoms with Gasteiger partial charge in [-0.2, -0.15) is 0 Å². The molecular weight excluding hydrogens is 488 g/mol. The number of piperazine rings is 1. The van der Waals surface area contributed by atoms with Crippen LogP contribution in [0, 0.1) is 0 Å². The third-order valence-electron chi connectivity index (χ3n) is 5.91. The molecule has 10 heteroatoms. The number of carbonyl (C=O) groups excluding carboxylic acids is 1. The first-order valence-corrected chi connectivity index (χ1v) is 12.2. The average Bonchev–Trinajstić information content (AvgIpc) is 3.29. The van der Waals surface area contributed by atoms with Crippen LogP contribution >= 0.6 is 23.7 Å². The van der Waals surface area contributed by atoms with Crippen molar-refractivity contribution in [2.75, 3.05) is 50.8 Å². The Morgan fingerprint density at radius 1 is 1.14 bits per heavy atom. The van der Waals surface area contributed by atoms with Gasteiger partial charge < -0.3 is 19.4 Å². The molecule has 3 heterocycles. The first kappa shape index (κ1) is 25.0. The van der Waals surface area contributed by atoms with Crippen molar-refractivity contribution in [1.82, 2.24) is 15.2 Å². The smallest absolute Gasteiger partial charge is 0.349 e. The molecule has 35 heavy (non-hydrogen) atoms. The average molecular weight is 515 g/mol. The molecule has 0 bridgehead atoms. The maximum atomic E-state index is 12.5. The number of hydrogen-bond donors (Lipinski definition) is 1. The molecule has 0 radical (unpaired) electrons. The fourth-order valence-corrected chi connectivity index (χ4v) is 5.16. The minimum atomic E-state index is -0.617. The van der Waals surface area contributed by atoms with Crippen LogP contribution < -0.4 is 20.6 Å². The maximum Gasteiger partial charge on any atom is 0.349 e. The molecule has 1 saturated heterocycles. The zero-order valence-corrected chi connectivity index (χ0v) is 21.0. The highest BCUT2D eigenvalue weighted by atomic mass is 35.5. The number of nitrogens with zero attached hydrogens (tertiary/aromatic N) is 3. The molecule has 0 unspecified atom stereocenters. The van der Waals surface area contributed by atoms with Crippen LogP contribution in [0.25, 0.3) is 21.2 Å². The molecule has 5 rings (SSSR count). The number of rotatable bonds is 7. The summed E-state index contributed by atoms with van der Waals surface area (Å²) < 4.78 is 12.1. The molecule has 0 saturated carbocycles. The van der Waals surface area contributed by atoms with Crippen molar-refractivity contribution in [3.8, 4) is 5.75 Å². The molecule has 4 aromatic rings. The van der Waals surface area contributed by atoms with Gasteiger partial charge in [-0.25, -0.2) is 9.78 Å². The molecule has 2 aromatic carbocycles. The Kier molecular flexibility index (Phi) is 7.90. The number of carbonyl (C=O) groups is 1. The van der Waals surface area contributed by atoms with Gasteiger partial charge in [-0.1, -0.05) is 35.6 Å². The van der Waals surface area contributed by atoms with E-state index in [2.05, 4.69) is 21.2 Å². The summed E-state index contributed by atoms with van der Waals surface area (Å²) in [6.07, 6.45) is 0. The number of nitrogens with one attached hydrogen (secondary N) is 1. The Morgan fingerprint density at radius 3 is 2.74 bits per heavy atom. The van der Waals surface area contributed by atoms with E-state index in [-0.39, 0.29) is 18.0 Å². The van der Waals surface area contributed by atoms with E-state index in [0.717, 1.165) is 52.7 Å². The van der Waals surface area contributed by atoms with Crippen molar-refractivity contribution in [2.45, 2.75) is 6.92 Å². The van der Waals surface area contributed by atoms with Crippen molar-refractivity contribution < 1.29 is 13.9 Å². The molecule has 0 spiro atoms. The molecule has 1 fully saturated rings. The van der Waals surface area contributed by atoms with Crippen molar-refractivity contribution in [3.05, 3.63) is 64.5 Å². The first-order valence-electron chi connectivity index (χ1n) is 11.4. The standard InChI is InChI=1S/C25H26N4O4S.ClH/c1-2-32-20-8-5-9-21-22(20)27-25(34-21)29-14-12-28(13-15-29)11-10-26-23(30)18-16-17-6-3-4-7-19(17)33-24(18)31;/h3-9,16H,2,10-15H2,1H3,(H,26,30);1H. The molecule has 2 aromatic heterocycles. The van der Waals surface area contributed by atoms with E-state index in [9.17, 15) is 9.59 Å².